The molecule has 18 heavy (non-hydrogen) atoms. The number of ether oxygens (including phenoxy) is 2. The first-order valence-electron chi connectivity index (χ1n) is 6.08. The van der Waals surface area contributed by atoms with E-state index < -0.39 is 5.91 Å². The van der Waals surface area contributed by atoms with Gasteiger partial charge in [-0.05, 0) is 6.07 Å². The smallest absolute Gasteiger partial charge is 0.243 e. The maximum Gasteiger partial charge on any atom is 0.243 e. The third kappa shape index (κ3) is 3.45. The molecule has 1 unspecified atom stereocenters. The van der Waals surface area contributed by atoms with Gasteiger partial charge in [-0.1, -0.05) is 18.2 Å². The Bertz CT molecular complexity index is 409. The lowest BCUT2D eigenvalue weighted by Crippen LogP contribution is -2.30. The molecular formula is C13H18N2O3. The van der Waals surface area contributed by atoms with Gasteiger partial charge in [0.1, 0.15) is 12.4 Å². The Kier molecular flexibility index (Phi) is 4.55. The van der Waals surface area contributed by atoms with Crippen molar-refractivity contribution in [3.63, 3.8) is 0 Å². The Hall–Kier alpha value is -1.59. The van der Waals surface area contributed by atoms with Gasteiger partial charge in [0.05, 0.1) is 13.2 Å². The lowest BCUT2D eigenvalue weighted by molar-refractivity contribution is -0.122. The number of nitrogens with one attached hydrogen (secondary N) is 1. The van der Waals surface area contributed by atoms with E-state index in [0.717, 1.165) is 18.8 Å². The number of nitrogens with two attached hydrogens (primary N) is 1. The van der Waals surface area contributed by atoms with Gasteiger partial charge in [-0.2, -0.15) is 0 Å². The van der Waals surface area contributed by atoms with Gasteiger partial charge >= 0.3 is 0 Å². The van der Waals surface area contributed by atoms with Crippen LogP contribution in [0, 0.1) is 0 Å². The predicted molar refractivity (Wildman–Crippen MR) is 67.3 cm³/mol. The molecule has 5 heteroatoms. The van der Waals surface area contributed by atoms with Crippen molar-refractivity contribution in [2.75, 3.05) is 26.4 Å². The van der Waals surface area contributed by atoms with Gasteiger partial charge in [0.2, 0.25) is 5.91 Å². The largest absolute Gasteiger partial charge is 0.493 e. The topological polar surface area (TPSA) is 73.6 Å². The highest BCUT2D eigenvalue weighted by Gasteiger charge is 2.19. The van der Waals surface area contributed by atoms with E-state index in [4.69, 9.17) is 15.2 Å². The SMILES string of the molecule is NC(=O)COCCNC1CCOc2ccccc21. The van der Waals surface area contributed by atoms with E-state index in [0.29, 0.717) is 13.2 Å². The van der Waals surface area contributed by atoms with Gasteiger partial charge < -0.3 is 20.5 Å². The molecule has 1 heterocycles. The summed E-state index contributed by atoms with van der Waals surface area (Å²) in [6.45, 7) is 1.86. The molecule has 1 atom stereocenters. The molecular weight excluding hydrogens is 232 g/mol. The van der Waals surface area contributed by atoms with Crippen LogP contribution in [0.1, 0.15) is 18.0 Å². The standard InChI is InChI=1S/C13H18N2O3/c14-13(16)9-17-8-6-15-11-5-7-18-12-4-2-1-3-10(11)12/h1-4,11,15H,5-9H2,(H2,14,16). The Morgan fingerprint density at radius 1 is 1.50 bits per heavy atom. The average Bonchev–Trinajstić information content (AvgIpc) is 2.38. The summed E-state index contributed by atoms with van der Waals surface area (Å²) >= 11 is 0. The fourth-order valence-electron chi connectivity index (χ4n) is 2.03. The van der Waals surface area contributed by atoms with Crippen molar-refractivity contribution in [3.8, 4) is 5.75 Å². The third-order valence-electron chi connectivity index (χ3n) is 2.84. The summed E-state index contributed by atoms with van der Waals surface area (Å²) in [5.74, 6) is 0.505. The molecule has 3 N–H and O–H groups in total. The molecule has 2 rings (SSSR count). The van der Waals surface area contributed by atoms with Crippen LogP contribution < -0.4 is 15.8 Å². The van der Waals surface area contributed by atoms with Crippen molar-refractivity contribution in [2.24, 2.45) is 5.73 Å². The number of hydrogen-bond donors (Lipinski definition) is 2. The summed E-state index contributed by atoms with van der Waals surface area (Å²) in [5, 5.41) is 3.39. The van der Waals surface area contributed by atoms with Crippen LogP contribution >= 0.6 is 0 Å². The number of carbonyl (C=O) groups excluding carboxylic acids is 1. The van der Waals surface area contributed by atoms with Crippen LogP contribution in [0.25, 0.3) is 0 Å². The number of carbonyl (C=O) groups is 1. The van der Waals surface area contributed by atoms with Crippen molar-refractivity contribution in [1.82, 2.24) is 5.32 Å². The lowest BCUT2D eigenvalue weighted by atomic mass is 10.0. The zero-order valence-corrected chi connectivity index (χ0v) is 10.2. The first-order chi connectivity index (χ1) is 8.77. The number of fused-ring (bicyclic) bond motifs is 1. The summed E-state index contributed by atoms with van der Waals surface area (Å²) in [7, 11) is 0. The van der Waals surface area contributed by atoms with E-state index in [1.807, 2.05) is 18.2 Å². The maximum absolute atomic E-state index is 10.5. The fraction of sp³-hybridized carbons (Fsp3) is 0.462. The Morgan fingerprint density at radius 3 is 3.17 bits per heavy atom. The molecule has 0 bridgehead atoms. The molecule has 0 radical (unpaired) electrons. The third-order valence-corrected chi connectivity index (χ3v) is 2.84. The fourth-order valence-corrected chi connectivity index (χ4v) is 2.03. The highest BCUT2D eigenvalue weighted by Crippen LogP contribution is 2.31. The molecule has 0 spiro atoms. The normalized spacial score (nSPS) is 17.9. The van der Waals surface area contributed by atoms with Crippen LogP contribution in [0.3, 0.4) is 0 Å². The highest BCUT2D eigenvalue weighted by molar-refractivity contribution is 5.74. The minimum absolute atomic E-state index is 0.0218. The summed E-state index contributed by atoms with van der Waals surface area (Å²) in [6, 6.07) is 8.30. The summed E-state index contributed by atoms with van der Waals surface area (Å²) in [5.41, 5.74) is 6.16. The molecule has 0 saturated carbocycles. The quantitative estimate of drug-likeness (QED) is 0.725. The van der Waals surface area contributed by atoms with Gasteiger partial charge in [-0.25, -0.2) is 0 Å². The number of benzene rings is 1. The van der Waals surface area contributed by atoms with Crippen LogP contribution in [0.2, 0.25) is 0 Å². The molecule has 1 aromatic rings. The number of primary amides is 1. The van der Waals surface area contributed by atoms with Gasteiger partial charge in [-0.3, -0.25) is 4.79 Å². The number of amides is 1. The van der Waals surface area contributed by atoms with Crippen LogP contribution in [0.4, 0.5) is 0 Å². The van der Waals surface area contributed by atoms with E-state index in [1.54, 1.807) is 0 Å². The van der Waals surface area contributed by atoms with Crippen molar-refractivity contribution >= 4 is 5.91 Å². The van der Waals surface area contributed by atoms with E-state index in [9.17, 15) is 4.79 Å². The lowest BCUT2D eigenvalue weighted by Gasteiger charge is -2.26. The monoisotopic (exact) mass is 250 g/mol. The van der Waals surface area contributed by atoms with Gasteiger partial charge in [0.25, 0.3) is 0 Å². The molecule has 98 valence electrons. The molecule has 1 aliphatic heterocycles. The maximum atomic E-state index is 10.5. The molecule has 0 saturated heterocycles. The second-order valence-electron chi connectivity index (χ2n) is 4.20. The molecule has 1 aromatic carbocycles. The van der Waals surface area contributed by atoms with E-state index in [2.05, 4.69) is 11.4 Å². The summed E-state index contributed by atoms with van der Waals surface area (Å²) in [6.07, 6.45) is 0.937. The second kappa shape index (κ2) is 6.37. The highest BCUT2D eigenvalue weighted by atomic mass is 16.5. The minimum Gasteiger partial charge on any atom is -0.493 e. The first-order valence-corrected chi connectivity index (χ1v) is 6.08. The molecule has 5 nitrogen and oxygen atoms in total. The van der Waals surface area contributed by atoms with Crippen LogP contribution in [0.15, 0.2) is 24.3 Å². The number of rotatable bonds is 6. The Morgan fingerprint density at radius 2 is 2.33 bits per heavy atom. The Balaban J connectivity index is 1.79. The zero-order chi connectivity index (χ0) is 12.8. The van der Waals surface area contributed by atoms with E-state index in [-0.39, 0.29) is 12.6 Å². The predicted octanol–water partition coefficient (Wildman–Crippen LogP) is 0.602. The molecule has 1 aliphatic rings. The van der Waals surface area contributed by atoms with Gasteiger partial charge in [-0.15, -0.1) is 0 Å². The van der Waals surface area contributed by atoms with Crippen LogP contribution in [0.5, 0.6) is 5.75 Å². The van der Waals surface area contributed by atoms with Crippen molar-refractivity contribution in [3.05, 3.63) is 29.8 Å². The molecule has 1 amide bonds. The van der Waals surface area contributed by atoms with Gasteiger partial charge in [0, 0.05) is 24.6 Å². The van der Waals surface area contributed by atoms with E-state index in [1.165, 1.54) is 5.56 Å². The van der Waals surface area contributed by atoms with Crippen molar-refractivity contribution in [2.45, 2.75) is 12.5 Å². The number of hydrogen-bond acceptors (Lipinski definition) is 4. The van der Waals surface area contributed by atoms with E-state index >= 15 is 0 Å². The molecule has 0 aromatic heterocycles. The summed E-state index contributed by atoms with van der Waals surface area (Å²) < 4.78 is 10.7. The first kappa shape index (κ1) is 12.9. The van der Waals surface area contributed by atoms with Gasteiger partial charge in [0.15, 0.2) is 0 Å². The van der Waals surface area contributed by atoms with Crippen LogP contribution in [-0.2, 0) is 9.53 Å². The number of para-hydroxylation sites is 1. The Labute approximate surface area is 106 Å². The molecule has 0 fully saturated rings. The van der Waals surface area contributed by atoms with Crippen molar-refractivity contribution < 1.29 is 14.3 Å². The minimum atomic E-state index is -0.439. The molecule has 0 aliphatic carbocycles. The van der Waals surface area contributed by atoms with Crippen LogP contribution in [-0.4, -0.2) is 32.3 Å². The van der Waals surface area contributed by atoms with Crippen molar-refractivity contribution in [1.29, 1.82) is 0 Å². The second-order valence-corrected chi connectivity index (χ2v) is 4.20. The zero-order valence-electron chi connectivity index (χ0n) is 10.2. The average molecular weight is 250 g/mol. The summed E-state index contributed by atoms with van der Waals surface area (Å²) in [4.78, 5) is 10.5.